The van der Waals surface area contributed by atoms with Gasteiger partial charge in [0, 0.05) is 22.7 Å². The van der Waals surface area contributed by atoms with Crippen LogP contribution in [0.5, 0.6) is 0 Å². The average molecular weight is 357 g/mol. The molecule has 0 radical (unpaired) electrons. The molecular weight excluding hydrogens is 336 g/mol. The summed E-state index contributed by atoms with van der Waals surface area (Å²) in [6, 6.07) is 14.8. The Morgan fingerprint density at radius 3 is 2.72 bits per heavy atom. The van der Waals surface area contributed by atoms with Crippen LogP contribution >= 0.6 is 11.6 Å². The molecule has 2 amide bonds. The van der Waals surface area contributed by atoms with Gasteiger partial charge in [0.15, 0.2) is 0 Å². The highest BCUT2D eigenvalue weighted by Gasteiger charge is 2.33. The van der Waals surface area contributed by atoms with Crippen LogP contribution in [0.4, 0.5) is 5.69 Å². The van der Waals surface area contributed by atoms with E-state index in [2.05, 4.69) is 5.32 Å². The lowest BCUT2D eigenvalue weighted by Gasteiger charge is -2.30. The largest absolute Gasteiger partial charge is 0.324 e. The number of nitrogens with one attached hydrogen (secondary N) is 1. The molecule has 0 bridgehead atoms. The second-order valence-electron chi connectivity index (χ2n) is 6.22. The van der Waals surface area contributed by atoms with Crippen molar-refractivity contribution >= 4 is 29.1 Å². The van der Waals surface area contributed by atoms with Gasteiger partial charge in [-0.2, -0.15) is 0 Å². The topological polar surface area (TPSA) is 49.4 Å². The van der Waals surface area contributed by atoms with E-state index in [-0.39, 0.29) is 24.4 Å². The van der Waals surface area contributed by atoms with Crippen molar-refractivity contribution < 1.29 is 9.59 Å². The summed E-state index contributed by atoms with van der Waals surface area (Å²) in [6.45, 7) is 2.08. The molecule has 0 aromatic heterocycles. The fourth-order valence-electron chi connectivity index (χ4n) is 3.18. The number of halogens is 1. The van der Waals surface area contributed by atoms with Crippen molar-refractivity contribution in [2.24, 2.45) is 0 Å². The van der Waals surface area contributed by atoms with Crippen molar-refractivity contribution in [3.05, 3.63) is 64.7 Å². The molecular formula is C20H21ClN2O2. The van der Waals surface area contributed by atoms with Gasteiger partial charge in [-0.25, -0.2) is 0 Å². The van der Waals surface area contributed by atoms with E-state index >= 15 is 0 Å². The first kappa shape index (κ1) is 17.5. The van der Waals surface area contributed by atoms with E-state index in [0.29, 0.717) is 17.1 Å². The van der Waals surface area contributed by atoms with Crippen LogP contribution in [0.15, 0.2) is 48.5 Å². The number of rotatable bonds is 4. The molecule has 1 atom stereocenters. The quantitative estimate of drug-likeness (QED) is 0.882. The number of benzene rings is 2. The first-order chi connectivity index (χ1) is 12.1. The predicted molar refractivity (Wildman–Crippen MR) is 99.6 cm³/mol. The molecule has 1 N–H and O–H groups in total. The molecule has 25 heavy (non-hydrogen) atoms. The molecule has 1 aliphatic heterocycles. The van der Waals surface area contributed by atoms with Crippen molar-refractivity contribution in [2.45, 2.75) is 32.2 Å². The van der Waals surface area contributed by atoms with Crippen molar-refractivity contribution in [2.75, 3.05) is 11.9 Å². The third kappa shape index (κ3) is 3.85. The third-order valence-electron chi connectivity index (χ3n) is 4.39. The van der Waals surface area contributed by atoms with E-state index in [1.54, 1.807) is 17.0 Å². The van der Waals surface area contributed by atoms with Gasteiger partial charge in [-0.3, -0.25) is 9.59 Å². The summed E-state index contributed by atoms with van der Waals surface area (Å²) in [5, 5.41) is 3.48. The first-order valence-corrected chi connectivity index (χ1v) is 8.91. The number of carbonyl (C=O) groups is 2. The van der Waals surface area contributed by atoms with Gasteiger partial charge in [0.05, 0.1) is 6.04 Å². The molecule has 2 aromatic carbocycles. The summed E-state index contributed by atoms with van der Waals surface area (Å²) in [5.74, 6) is -0.203. The Balaban J connectivity index is 2.12. The lowest BCUT2D eigenvalue weighted by molar-refractivity contribution is -0.136. The van der Waals surface area contributed by atoms with Gasteiger partial charge in [0.2, 0.25) is 11.8 Å². The highest BCUT2D eigenvalue weighted by molar-refractivity contribution is 6.30. The maximum atomic E-state index is 12.8. The molecule has 1 heterocycles. The van der Waals surface area contributed by atoms with E-state index in [4.69, 9.17) is 11.6 Å². The smallest absolute Gasteiger partial charge is 0.244 e. The zero-order valence-electron chi connectivity index (χ0n) is 14.2. The van der Waals surface area contributed by atoms with E-state index in [9.17, 15) is 9.59 Å². The Morgan fingerprint density at radius 2 is 2.00 bits per heavy atom. The fraction of sp³-hybridized carbons (Fsp3) is 0.300. The first-order valence-electron chi connectivity index (χ1n) is 8.54. The van der Waals surface area contributed by atoms with Crippen LogP contribution in [0.1, 0.15) is 43.4 Å². The molecule has 0 saturated carbocycles. The summed E-state index contributed by atoms with van der Waals surface area (Å²) in [5.41, 5.74) is 2.51. The molecule has 5 heteroatoms. The van der Waals surface area contributed by atoms with Crippen LogP contribution in [-0.4, -0.2) is 23.3 Å². The van der Waals surface area contributed by atoms with E-state index in [1.807, 2.05) is 43.3 Å². The Morgan fingerprint density at radius 1 is 1.24 bits per heavy atom. The number of hydrogen-bond donors (Lipinski definition) is 1. The molecule has 0 spiro atoms. The minimum absolute atomic E-state index is 0.0151. The Bertz CT molecular complexity index is 777. The van der Waals surface area contributed by atoms with Crippen LogP contribution in [0.25, 0.3) is 0 Å². The van der Waals surface area contributed by atoms with Gasteiger partial charge < -0.3 is 10.2 Å². The number of hydrogen-bond acceptors (Lipinski definition) is 2. The van der Waals surface area contributed by atoms with E-state index in [0.717, 1.165) is 24.0 Å². The molecule has 0 saturated heterocycles. The highest BCUT2D eigenvalue weighted by atomic mass is 35.5. The number of anilines is 1. The summed E-state index contributed by atoms with van der Waals surface area (Å²) in [6.07, 6.45) is 2.17. The molecule has 130 valence electrons. The van der Waals surface area contributed by atoms with Crippen molar-refractivity contribution in [3.8, 4) is 0 Å². The Labute approximate surface area is 152 Å². The van der Waals surface area contributed by atoms with Crippen molar-refractivity contribution in [1.82, 2.24) is 4.90 Å². The highest BCUT2D eigenvalue weighted by Crippen LogP contribution is 2.37. The molecule has 3 rings (SSSR count). The maximum Gasteiger partial charge on any atom is 0.244 e. The molecule has 1 aliphatic rings. The van der Waals surface area contributed by atoms with Gasteiger partial charge >= 0.3 is 0 Å². The molecule has 0 fully saturated rings. The van der Waals surface area contributed by atoms with Crippen LogP contribution in [-0.2, 0) is 9.59 Å². The summed E-state index contributed by atoms with van der Waals surface area (Å²) in [4.78, 5) is 26.9. The van der Waals surface area contributed by atoms with E-state index in [1.165, 1.54) is 0 Å². The third-order valence-corrected chi connectivity index (χ3v) is 4.62. The summed E-state index contributed by atoms with van der Waals surface area (Å²) < 4.78 is 0. The summed E-state index contributed by atoms with van der Waals surface area (Å²) in [7, 11) is 0. The number of amides is 2. The van der Waals surface area contributed by atoms with Crippen molar-refractivity contribution in [1.29, 1.82) is 0 Å². The average Bonchev–Trinajstić information content (AvgIpc) is 2.76. The van der Waals surface area contributed by atoms with Crippen LogP contribution in [0.2, 0.25) is 5.02 Å². The number of unbranched alkanes of at least 4 members (excludes halogenated alkanes) is 1. The lowest BCUT2D eigenvalue weighted by atomic mass is 9.95. The fourth-order valence-corrected chi connectivity index (χ4v) is 3.36. The zero-order valence-corrected chi connectivity index (χ0v) is 14.9. The maximum absolute atomic E-state index is 12.8. The minimum atomic E-state index is -0.335. The zero-order chi connectivity index (χ0) is 17.8. The molecule has 4 nitrogen and oxygen atoms in total. The molecule has 0 aliphatic carbocycles. The number of carbonyl (C=O) groups excluding carboxylic acids is 2. The Hall–Kier alpha value is -2.33. The SMILES string of the molecule is CCCCC(=O)N1CC(=O)Nc2ccc(Cl)cc2[C@@H]1c1ccccc1. The molecule has 0 unspecified atom stereocenters. The minimum Gasteiger partial charge on any atom is -0.324 e. The molecule has 2 aromatic rings. The summed E-state index contributed by atoms with van der Waals surface area (Å²) >= 11 is 6.21. The van der Waals surface area contributed by atoms with Gasteiger partial charge in [0.25, 0.3) is 0 Å². The standard InChI is InChI=1S/C20H21ClN2O2/c1-2-3-9-19(25)23-13-18(24)22-17-11-10-15(21)12-16(17)20(23)14-7-5-4-6-8-14/h4-8,10-12,20H,2-3,9,13H2,1H3,(H,22,24)/t20-/m0/s1. The van der Waals surface area contributed by atoms with Crippen LogP contribution < -0.4 is 5.32 Å². The lowest BCUT2D eigenvalue weighted by Crippen LogP contribution is -2.38. The van der Waals surface area contributed by atoms with Crippen molar-refractivity contribution in [3.63, 3.8) is 0 Å². The number of fused-ring (bicyclic) bond motifs is 1. The van der Waals surface area contributed by atoms with Gasteiger partial charge in [0.1, 0.15) is 6.54 Å². The van der Waals surface area contributed by atoms with Gasteiger partial charge in [-0.1, -0.05) is 55.3 Å². The van der Waals surface area contributed by atoms with E-state index < -0.39 is 0 Å². The normalized spacial score (nSPS) is 16.8. The Kier molecular flexibility index (Phi) is 5.39. The van der Waals surface area contributed by atoms with Crippen LogP contribution in [0.3, 0.4) is 0 Å². The second-order valence-corrected chi connectivity index (χ2v) is 6.65. The second kappa shape index (κ2) is 7.70. The van der Waals surface area contributed by atoms with Gasteiger partial charge in [-0.15, -0.1) is 0 Å². The van der Waals surface area contributed by atoms with Gasteiger partial charge in [-0.05, 0) is 30.2 Å². The van der Waals surface area contributed by atoms with Crippen LogP contribution in [0, 0.1) is 0 Å². The monoisotopic (exact) mass is 356 g/mol. The predicted octanol–water partition coefficient (Wildman–Crippen LogP) is 4.40. The number of nitrogens with zero attached hydrogens (tertiary/aromatic N) is 1.